The molecule has 0 unspecified atom stereocenters. The van der Waals surface area contributed by atoms with Crippen molar-refractivity contribution >= 4 is 35.2 Å². The number of nitrogens with zero attached hydrogens (tertiary/aromatic N) is 2. The van der Waals surface area contributed by atoms with Crippen molar-refractivity contribution in [2.24, 2.45) is 0 Å². The summed E-state index contributed by atoms with van der Waals surface area (Å²) in [6.07, 6.45) is 1.43. The van der Waals surface area contributed by atoms with Crippen molar-refractivity contribution in [3.63, 3.8) is 0 Å². The number of morpholine rings is 1. The number of halogens is 1. The van der Waals surface area contributed by atoms with Crippen molar-refractivity contribution in [2.75, 3.05) is 36.5 Å². The van der Waals surface area contributed by atoms with Gasteiger partial charge < -0.3 is 19.4 Å². The number of anilines is 2. The Bertz CT molecular complexity index is 876. The maximum atomic E-state index is 12.3. The number of hydrogen-bond donors (Lipinski definition) is 1. The maximum Gasteiger partial charge on any atom is 0.266 e. The number of nitriles is 1. The standard InChI is InChI=1S/C19H18ClN3O3/c1-13-2-3-15(11-17(13)20)22-19(24)14(12-21)10-16-4-5-18(26-16)23-6-8-25-9-7-23/h2-5,10-11H,6-9H2,1H3,(H,22,24)/b14-10+. The van der Waals surface area contributed by atoms with Gasteiger partial charge in [0.15, 0.2) is 5.88 Å². The lowest BCUT2D eigenvalue weighted by Crippen LogP contribution is -2.35. The van der Waals surface area contributed by atoms with Crippen LogP contribution in [-0.4, -0.2) is 32.2 Å². The Morgan fingerprint density at radius 1 is 1.31 bits per heavy atom. The van der Waals surface area contributed by atoms with Crippen molar-refractivity contribution in [1.29, 1.82) is 5.26 Å². The van der Waals surface area contributed by atoms with Crippen molar-refractivity contribution in [2.45, 2.75) is 6.92 Å². The number of carbonyl (C=O) groups is 1. The van der Waals surface area contributed by atoms with Crippen LogP contribution in [0.3, 0.4) is 0 Å². The zero-order valence-electron chi connectivity index (χ0n) is 14.3. The minimum atomic E-state index is -0.517. The second kappa shape index (κ2) is 8.09. The van der Waals surface area contributed by atoms with Crippen LogP contribution in [0, 0.1) is 18.3 Å². The van der Waals surface area contributed by atoms with Gasteiger partial charge in [-0.05, 0) is 30.7 Å². The van der Waals surface area contributed by atoms with E-state index in [1.807, 2.05) is 19.1 Å². The number of aryl methyl sites for hydroxylation is 1. The van der Waals surface area contributed by atoms with Crippen LogP contribution in [0.25, 0.3) is 6.08 Å². The largest absolute Gasteiger partial charge is 0.441 e. The first-order valence-electron chi connectivity index (χ1n) is 8.18. The predicted octanol–water partition coefficient (Wildman–Crippen LogP) is 3.62. The third-order valence-electron chi connectivity index (χ3n) is 4.02. The predicted molar refractivity (Wildman–Crippen MR) is 100 cm³/mol. The van der Waals surface area contributed by atoms with E-state index in [4.69, 9.17) is 20.8 Å². The second-order valence-electron chi connectivity index (χ2n) is 5.86. The molecule has 1 aliphatic heterocycles. The minimum absolute atomic E-state index is 0.0513. The third kappa shape index (κ3) is 4.26. The van der Waals surface area contributed by atoms with E-state index in [1.54, 1.807) is 24.3 Å². The molecule has 0 aliphatic carbocycles. The number of hydrogen-bond acceptors (Lipinski definition) is 5. The topological polar surface area (TPSA) is 78.5 Å². The number of furan rings is 1. The van der Waals surface area contributed by atoms with Crippen LogP contribution in [0.1, 0.15) is 11.3 Å². The Balaban J connectivity index is 1.73. The van der Waals surface area contributed by atoms with Crippen LogP contribution >= 0.6 is 11.6 Å². The lowest BCUT2D eigenvalue weighted by molar-refractivity contribution is -0.112. The quantitative estimate of drug-likeness (QED) is 0.656. The molecule has 2 heterocycles. The molecule has 1 aromatic heterocycles. The zero-order valence-corrected chi connectivity index (χ0v) is 15.0. The first kappa shape index (κ1) is 18.1. The van der Waals surface area contributed by atoms with Gasteiger partial charge in [0.05, 0.1) is 13.2 Å². The minimum Gasteiger partial charge on any atom is -0.441 e. The van der Waals surface area contributed by atoms with E-state index in [1.165, 1.54) is 6.08 Å². The van der Waals surface area contributed by atoms with Gasteiger partial charge in [0.25, 0.3) is 5.91 Å². The van der Waals surface area contributed by atoms with E-state index in [0.717, 1.165) is 18.7 Å². The van der Waals surface area contributed by atoms with Crippen molar-refractivity contribution in [1.82, 2.24) is 0 Å². The molecule has 0 saturated carbocycles. The van der Waals surface area contributed by atoms with Gasteiger partial charge in [-0.25, -0.2) is 0 Å². The Hall–Kier alpha value is -2.75. The van der Waals surface area contributed by atoms with Crippen LogP contribution in [0.15, 0.2) is 40.3 Å². The fourth-order valence-electron chi connectivity index (χ4n) is 2.53. The third-order valence-corrected chi connectivity index (χ3v) is 4.42. The summed E-state index contributed by atoms with van der Waals surface area (Å²) in [7, 11) is 0. The summed E-state index contributed by atoms with van der Waals surface area (Å²) in [5.74, 6) is 0.624. The fraction of sp³-hybridized carbons (Fsp3) is 0.263. The number of nitrogens with one attached hydrogen (secondary N) is 1. The molecule has 1 N–H and O–H groups in total. The van der Waals surface area contributed by atoms with Gasteiger partial charge in [-0.3, -0.25) is 4.79 Å². The molecule has 1 aliphatic rings. The Morgan fingerprint density at radius 2 is 2.08 bits per heavy atom. The summed E-state index contributed by atoms with van der Waals surface area (Å²) in [6.45, 7) is 4.66. The molecule has 7 heteroatoms. The number of carbonyl (C=O) groups excluding carboxylic acids is 1. The average molecular weight is 372 g/mol. The number of ether oxygens (including phenoxy) is 1. The average Bonchev–Trinajstić information content (AvgIpc) is 3.12. The molecule has 1 amide bonds. The summed E-state index contributed by atoms with van der Waals surface area (Å²) in [5.41, 5.74) is 1.39. The normalized spacial score (nSPS) is 14.8. The van der Waals surface area contributed by atoms with Gasteiger partial charge in [-0.1, -0.05) is 17.7 Å². The molecule has 0 atom stereocenters. The highest BCUT2D eigenvalue weighted by atomic mass is 35.5. The van der Waals surface area contributed by atoms with E-state index < -0.39 is 5.91 Å². The van der Waals surface area contributed by atoms with E-state index >= 15 is 0 Å². The Labute approximate surface area is 156 Å². The van der Waals surface area contributed by atoms with Crippen LogP contribution in [0.4, 0.5) is 11.6 Å². The number of benzene rings is 1. The SMILES string of the molecule is Cc1ccc(NC(=O)/C(C#N)=C/c2ccc(N3CCOCC3)o2)cc1Cl. The van der Waals surface area contributed by atoms with E-state index in [-0.39, 0.29) is 5.57 Å². The fourth-order valence-corrected chi connectivity index (χ4v) is 2.71. The molecular formula is C19H18ClN3O3. The van der Waals surface area contributed by atoms with E-state index in [2.05, 4.69) is 10.2 Å². The molecule has 6 nitrogen and oxygen atoms in total. The van der Waals surface area contributed by atoms with E-state index in [9.17, 15) is 10.1 Å². The van der Waals surface area contributed by atoms with Crippen LogP contribution in [-0.2, 0) is 9.53 Å². The first-order valence-corrected chi connectivity index (χ1v) is 8.56. The summed E-state index contributed by atoms with van der Waals surface area (Å²) >= 11 is 6.06. The molecule has 3 rings (SSSR count). The number of rotatable bonds is 4. The van der Waals surface area contributed by atoms with Gasteiger partial charge >= 0.3 is 0 Å². The molecule has 0 bridgehead atoms. The molecule has 1 aromatic carbocycles. The molecule has 26 heavy (non-hydrogen) atoms. The van der Waals surface area contributed by atoms with Crippen molar-refractivity contribution in [3.05, 3.63) is 52.3 Å². The van der Waals surface area contributed by atoms with Crippen LogP contribution < -0.4 is 10.2 Å². The summed E-state index contributed by atoms with van der Waals surface area (Å²) in [4.78, 5) is 14.4. The number of amides is 1. The summed E-state index contributed by atoms with van der Waals surface area (Å²) in [6, 6.07) is 10.6. The monoisotopic (exact) mass is 371 g/mol. The first-order chi connectivity index (χ1) is 12.6. The summed E-state index contributed by atoms with van der Waals surface area (Å²) < 4.78 is 11.0. The van der Waals surface area contributed by atoms with Crippen molar-refractivity contribution in [3.8, 4) is 6.07 Å². The highest BCUT2D eigenvalue weighted by molar-refractivity contribution is 6.31. The van der Waals surface area contributed by atoms with E-state index in [0.29, 0.717) is 35.6 Å². The smallest absolute Gasteiger partial charge is 0.266 e. The Kier molecular flexibility index (Phi) is 5.61. The Morgan fingerprint density at radius 3 is 2.77 bits per heavy atom. The molecule has 134 valence electrons. The van der Waals surface area contributed by atoms with Gasteiger partial charge in [0, 0.05) is 35.9 Å². The molecule has 0 radical (unpaired) electrons. The molecule has 1 fully saturated rings. The van der Waals surface area contributed by atoms with Gasteiger partial charge in [-0.15, -0.1) is 0 Å². The van der Waals surface area contributed by atoms with Gasteiger partial charge in [0.2, 0.25) is 0 Å². The lowest BCUT2D eigenvalue weighted by Gasteiger charge is -2.26. The van der Waals surface area contributed by atoms with Crippen molar-refractivity contribution < 1.29 is 13.9 Å². The maximum absolute atomic E-state index is 12.3. The zero-order chi connectivity index (χ0) is 18.5. The molecule has 0 spiro atoms. The highest BCUT2D eigenvalue weighted by Crippen LogP contribution is 2.23. The molecule has 2 aromatic rings. The molecule has 1 saturated heterocycles. The second-order valence-corrected chi connectivity index (χ2v) is 6.27. The molecular weight excluding hydrogens is 354 g/mol. The lowest BCUT2D eigenvalue weighted by atomic mass is 10.2. The highest BCUT2D eigenvalue weighted by Gasteiger charge is 2.16. The van der Waals surface area contributed by atoms with Gasteiger partial charge in [-0.2, -0.15) is 5.26 Å². The van der Waals surface area contributed by atoms with Crippen LogP contribution in [0.5, 0.6) is 0 Å². The summed E-state index contributed by atoms with van der Waals surface area (Å²) in [5, 5.41) is 12.5. The van der Waals surface area contributed by atoms with Crippen LogP contribution in [0.2, 0.25) is 5.02 Å². The van der Waals surface area contributed by atoms with Gasteiger partial charge in [0.1, 0.15) is 17.4 Å².